The maximum Gasteiger partial charge on any atom is 0.416 e. The number of halogens is 3. The highest BCUT2D eigenvalue weighted by molar-refractivity contribution is 6.10. The first kappa shape index (κ1) is 18.2. The first-order chi connectivity index (χ1) is 11.0. The summed E-state index contributed by atoms with van der Waals surface area (Å²) in [4.78, 5) is 12.7. The lowest BCUT2D eigenvalue weighted by Crippen LogP contribution is -2.20. The molecule has 2 aromatic carbocycles. The first-order valence-electron chi connectivity index (χ1n) is 7.51. The van der Waals surface area contributed by atoms with Gasteiger partial charge < -0.3 is 5.11 Å². The molecule has 1 atom stereocenters. The third-order valence-corrected chi connectivity index (χ3v) is 3.77. The van der Waals surface area contributed by atoms with Crippen LogP contribution in [0.4, 0.5) is 13.2 Å². The number of aliphatic hydroxyl groups excluding tert-OH is 1. The second-order valence-corrected chi connectivity index (χ2v) is 6.76. The number of ketones is 1. The molecule has 0 radical (unpaired) electrons. The normalized spacial score (nSPS) is 13.6. The van der Waals surface area contributed by atoms with E-state index in [1.54, 1.807) is 18.2 Å². The van der Waals surface area contributed by atoms with Crippen molar-refractivity contribution in [2.75, 3.05) is 0 Å². The first-order valence-corrected chi connectivity index (χ1v) is 7.51. The van der Waals surface area contributed by atoms with Crippen LogP contribution < -0.4 is 0 Å². The second-order valence-electron chi connectivity index (χ2n) is 6.76. The van der Waals surface area contributed by atoms with Crippen molar-refractivity contribution in [3.05, 3.63) is 70.8 Å². The summed E-state index contributed by atoms with van der Waals surface area (Å²) in [5.74, 6) is -0.542. The topological polar surface area (TPSA) is 37.3 Å². The second kappa shape index (κ2) is 6.40. The van der Waals surface area contributed by atoms with E-state index < -0.39 is 29.0 Å². The minimum Gasteiger partial charge on any atom is -0.388 e. The molecule has 0 heterocycles. The highest BCUT2D eigenvalue weighted by atomic mass is 19.4. The van der Waals surface area contributed by atoms with Gasteiger partial charge in [-0.1, -0.05) is 57.2 Å². The molecule has 24 heavy (non-hydrogen) atoms. The molecule has 0 amide bonds. The van der Waals surface area contributed by atoms with Gasteiger partial charge in [-0.25, -0.2) is 0 Å². The maximum absolute atomic E-state index is 12.8. The van der Waals surface area contributed by atoms with Crippen molar-refractivity contribution in [1.29, 1.82) is 0 Å². The number of aliphatic hydroxyl groups is 1. The fourth-order valence-corrected chi connectivity index (χ4v) is 2.40. The average Bonchev–Trinajstić information content (AvgIpc) is 2.52. The molecular weight excluding hydrogens is 317 g/mol. The summed E-state index contributed by atoms with van der Waals surface area (Å²) in [6, 6.07) is 10.8. The van der Waals surface area contributed by atoms with Crippen LogP contribution in [-0.4, -0.2) is 10.9 Å². The monoisotopic (exact) mass is 336 g/mol. The summed E-state index contributed by atoms with van der Waals surface area (Å²) in [6.45, 7) is 5.47. The van der Waals surface area contributed by atoms with Crippen LogP contribution in [0.15, 0.2) is 48.5 Å². The molecule has 1 N–H and O–H groups in total. The minimum absolute atomic E-state index is 0.0571. The van der Waals surface area contributed by atoms with Gasteiger partial charge in [0, 0.05) is 11.1 Å². The van der Waals surface area contributed by atoms with E-state index in [0.717, 1.165) is 12.1 Å². The molecule has 0 saturated heterocycles. The van der Waals surface area contributed by atoms with Crippen LogP contribution in [0.25, 0.3) is 0 Å². The van der Waals surface area contributed by atoms with E-state index in [2.05, 4.69) is 0 Å². The Balaban J connectivity index is 2.49. The van der Waals surface area contributed by atoms with Crippen molar-refractivity contribution in [3.63, 3.8) is 0 Å². The van der Waals surface area contributed by atoms with Crippen LogP contribution >= 0.6 is 0 Å². The van der Waals surface area contributed by atoms with Gasteiger partial charge in [-0.15, -0.1) is 0 Å². The number of alkyl halides is 3. The number of hydrogen-bond donors (Lipinski definition) is 1. The summed E-state index contributed by atoms with van der Waals surface area (Å²) in [5, 5.41) is 10.5. The average molecular weight is 336 g/mol. The van der Waals surface area contributed by atoms with Gasteiger partial charge in [0.25, 0.3) is 0 Å². The zero-order chi connectivity index (χ0) is 18.1. The molecule has 2 aromatic rings. The molecule has 128 valence electrons. The summed E-state index contributed by atoms with van der Waals surface area (Å²) in [7, 11) is 0. The van der Waals surface area contributed by atoms with Crippen molar-refractivity contribution < 1.29 is 23.1 Å². The molecule has 0 bridgehead atoms. The molecule has 0 aliphatic heterocycles. The fraction of sp³-hybridized carbons (Fsp3) is 0.316. The van der Waals surface area contributed by atoms with Crippen LogP contribution in [0.5, 0.6) is 0 Å². The van der Waals surface area contributed by atoms with Gasteiger partial charge in [-0.05, 0) is 23.1 Å². The van der Waals surface area contributed by atoms with Gasteiger partial charge >= 0.3 is 6.18 Å². The maximum atomic E-state index is 12.8. The summed E-state index contributed by atoms with van der Waals surface area (Å²) in [5.41, 5.74) is -0.822. The van der Waals surface area contributed by atoms with E-state index in [0.29, 0.717) is 5.56 Å². The van der Waals surface area contributed by atoms with E-state index in [4.69, 9.17) is 0 Å². The molecule has 0 saturated carbocycles. The van der Waals surface area contributed by atoms with Crippen LogP contribution in [0.1, 0.15) is 53.9 Å². The van der Waals surface area contributed by atoms with Crippen LogP contribution in [0, 0.1) is 5.41 Å². The predicted octanol–water partition coefficient (Wildman–Crippen LogP) is 5.02. The fourth-order valence-electron chi connectivity index (χ4n) is 2.40. The number of carbonyl (C=O) groups excluding carboxylic acids is 1. The highest BCUT2D eigenvalue weighted by Crippen LogP contribution is 2.35. The highest BCUT2D eigenvalue weighted by Gasteiger charge is 2.32. The van der Waals surface area contributed by atoms with Crippen molar-refractivity contribution in [1.82, 2.24) is 0 Å². The smallest absolute Gasteiger partial charge is 0.388 e. The number of carbonyl (C=O) groups is 1. The molecule has 1 unspecified atom stereocenters. The lowest BCUT2D eigenvalue weighted by atomic mass is 9.82. The summed E-state index contributed by atoms with van der Waals surface area (Å²) < 4.78 is 38.5. The van der Waals surface area contributed by atoms with Gasteiger partial charge in [0.2, 0.25) is 0 Å². The van der Waals surface area contributed by atoms with Crippen LogP contribution in [0.3, 0.4) is 0 Å². The molecule has 0 fully saturated rings. The number of benzene rings is 2. The molecule has 0 aromatic heterocycles. The molecular formula is C19H19F3O2. The van der Waals surface area contributed by atoms with Gasteiger partial charge in [-0.2, -0.15) is 13.2 Å². The third kappa shape index (κ3) is 3.85. The minimum atomic E-state index is -4.51. The zero-order valence-electron chi connectivity index (χ0n) is 13.7. The lowest BCUT2D eigenvalue weighted by molar-refractivity contribution is -0.137. The van der Waals surface area contributed by atoms with Gasteiger partial charge in [-0.3, -0.25) is 4.79 Å². The summed E-state index contributed by atoms with van der Waals surface area (Å²) >= 11 is 0. The number of rotatable bonds is 3. The van der Waals surface area contributed by atoms with Gasteiger partial charge in [0.15, 0.2) is 5.78 Å². The van der Waals surface area contributed by atoms with E-state index in [1.165, 1.54) is 18.2 Å². The van der Waals surface area contributed by atoms with Gasteiger partial charge in [0.1, 0.15) is 0 Å². The van der Waals surface area contributed by atoms with Gasteiger partial charge in [0.05, 0.1) is 11.7 Å². The van der Waals surface area contributed by atoms with E-state index >= 15 is 0 Å². The van der Waals surface area contributed by atoms with Crippen LogP contribution in [-0.2, 0) is 6.18 Å². The molecule has 0 spiro atoms. The molecule has 0 aliphatic rings. The zero-order valence-corrected chi connectivity index (χ0v) is 13.7. The van der Waals surface area contributed by atoms with Crippen molar-refractivity contribution >= 4 is 5.78 Å². The standard InChI is InChI=1S/C19H19F3O2/c1-18(2,3)17(24)15-10-5-4-9-14(15)16(23)12-7-6-8-13(11-12)19(20,21)22/h4-11,17,24H,1-3H3. The SMILES string of the molecule is CC(C)(C)C(O)c1ccccc1C(=O)c1cccc(C(F)(F)F)c1. The van der Waals surface area contributed by atoms with Crippen molar-refractivity contribution in [2.45, 2.75) is 33.1 Å². The number of hydrogen-bond acceptors (Lipinski definition) is 2. The Kier molecular flexibility index (Phi) is 4.85. The Bertz CT molecular complexity index is 743. The molecule has 5 heteroatoms. The quantitative estimate of drug-likeness (QED) is 0.800. The van der Waals surface area contributed by atoms with E-state index in [1.807, 2.05) is 20.8 Å². The van der Waals surface area contributed by atoms with E-state index in [-0.39, 0.29) is 11.1 Å². The largest absolute Gasteiger partial charge is 0.416 e. The third-order valence-electron chi connectivity index (χ3n) is 3.77. The lowest BCUT2D eigenvalue weighted by Gasteiger charge is -2.27. The Morgan fingerprint density at radius 1 is 1.00 bits per heavy atom. The Morgan fingerprint density at radius 3 is 2.21 bits per heavy atom. The Labute approximate surface area is 138 Å². The Hall–Kier alpha value is -2.14. The molecule has 2 nitrogen and oxygen atoms in total. The van der Waals surface area contributed by atoms with Crippen LogP contribution in [0.2, 0.25) is 0 Å². The summed E-state index contributed by atoms with van der Waals surface area (Å²) in [6.07, 6.45) is -5.43. The Morgan fingerprint density at radius 2 is 1.62 bits per heavy atom. The predicted molar refractivity (Wildman–Crippen MR) is 85.7 cm³/mol. The molecule has 2 rings (SSSR count). The molecule has 0 aliphatic carbocycles. The van der Waals surface area contributed by atoms with Crippen molar-refractivity contribution in [2.24, 2.45) is 5.41 Å². The van der Waals surface area contributed by atoms with E-state index in [9.17, 15) is 23.1 Å². The van der Waals surface area contributed by atoms with Crippen molar-refractivity contribution in [3.8, 4) is 0 Å².